The Morgan fingerprint density at radius 2 is 2.11 bits per heavy atom. The number of anilines is 1. The highest BCUT2D eigenvalue weighted by Crippen LogP contribution is 2.32. The molecule has 1 aliphatic rings. The molecule has 5 heteroatoms. The second kappa shape index (κ2) is 5.27. The molecule has 0 spiro atoms. The van der Waals surface area contributed by atoms with Gasteiger partial charge in [0.2, 0.25) is 0 Å². The Labute approximate surface area is 112 Å². The van der Waals surface area contributed by atoms with Crippen molar-refractivity contribution in [3.8, 4) is 6.07 Å². The summed E-state index contributed by atoms with van der Waals surface area (Å²) >= 11 is 0. The van der Waals surface area contributed by atoms with Gasteiger partial charge in [-0.05, 0) is 31.9 Å². The van der Waals surface area contributed by atoms with Crippen molar-refractivity contribution in [2.24, 2.45) is 0 Å². The Balaban J connectivity index is 2.34. The molecule has 0 unspecified atom stereocenters. The summed E-state index contributed by atoms with van der Waals surface area (Å²) in [5.41, 5.74) is 0.166. The van der Waals surface area contributed by atoms with Crippen LogP contribution in [0.4, 0.5) is 5.82 Å². The lowest BCUT2D eigenvalue weighted by atomic mass is 9.81. The van der Waals surface area contributed by atoms with Gasteiger partial charge in [0.25, 0.3) is 0 Å². The van der Waals surface area contributed by atoms with Gasteiger partial charge in [-0.15, -0.1) is 0 Å². The minimum atomic E-state index is -0.982. The fourth-order valence-electron chi connectivity index (χ4n) is 2.52. The van der Waals surface area contributed by atoms with Gasteiger partial charge in [0.1, 0.15) is 17.4 Å². The van der Waals surface area contributed by atoms with Gasteiger partial charge in [0.15, 0.2) is 0 Å². The third-order valence-electron chi connectivity index (χ3n) is 3.63. The van der Waals surface area contributed by atoms with Crippen LogP contribution in [-0.2, 0) is 4.79 Å². The number of carboxylic acid groups (broad SMARTS) is 1. The topological polar surface area (TPSA) is 86.0 Å². The molecule has 0 aliphatic heterocycles. The molecule has 0 saturated heterocycles. The Kier molecular flexibility index (Phi) is 3.70. The van der Waals surface area contributed by atoms with E-state index in [4.69, 9.17) is 5.26 Å². The van der Waals surface area contributed by atoms with Crippen LogP contribution in [0.25, 0.3) is 0 Å². The maximum Gasteiger partial charge on any atom is 0.329 e. The predicted octanol–water partition coefficient (Wildman–Crippen LogP) is 2.46. The van der Waals surface area contributed by atoms with E-state index in [2.05, 4.69) is 16.4 Å². The Morgan fingerprint density at radius 3 is 2.68 bits per heavy atom. The molecule has 1 aromatic heterocycles. The summed E-state index contributed by atoms with van der Waals surface area (Å²) in [6.07, 6.45) is 3.97. The van der Waals surface area contributed by atoms with Gasteiger partial charge in [0, 0.05) is 5.69 Å². The monoisotopic (exact) mass is 259 g/mol. The molecule has 1 aliphatic carbocycles. The number of carbonyl (C=O) groups is 1. The average molecular weight is 259 g/mol. The molecule has 2 N–H and O–H groups in total. The molecular weight excluding hydrogens is 242 g/mol. The maximum atomic E-state index is 11.6. The minimum Gasteiger partial charge on any atom is -0.480 e. The average Bonchev–Trinajstić information content (AvgIpc) is 2.40. The number of aryl methyl sites for hydroxylation is 1. The SMILES string of the molecule is Cc1ccc(C#N)c(NC2(C(=O)O)CCCCC2)n1. The zero-order chi connectivity index (χ0) is 13.9. The molecule has 0 amide bonds. The lowest BCUT2D eigenvalue weighted by Gasteiger charge is -2.34. The Hall–Kier alpha value is -2.09. The Morgan fingerprint density at radius 1 is 1.42 bits per heavy atom. The van der Waals surface area contributed by atoms with Crippen molar-refractivity contribution in [3.05, 3.63) is 23.4 Å². The summed E-state index contributed by atoms with van der Waals surface area (Å²) in [5, 5.41) is 21.6. The molecule has 1 heterocycles. The van der Waals surface area contributed by atoms with E-state index in [9.17, 15) is 9.90 Å². The molecule has 2 rings (SSSR count). The fraction of sp³-hybridized carbons (Fsp3) is 0.500. The number of rotatable bonds is 3. The number of carboxylic acids is 1. The van der Waals surface area contributed by atoms with Gasteiger partial charge in [-0.2, -0.15) is 5.26 Å². The number of pyridine rings is 1. The van der Waals surface area contributed by atoms with Crippen molar-refractivity contribution in [1.29, 1.82) is 5.26 Å². The number of nitrogens with one attached hydrogen (secondary N) is 1. The van der Waals surface area contributed by atoms with Gasteiger partial charge in [0.05, 0.1) is 5.56 Å². The van der Waals surface area contributed by atoms with Crippen molar-refractivity contribution in [2.75, 3.05) is 5.32 Å². The van der Waals surface area contributed by atoms with Gasteiger partial charge in [-0.1, -0.05) is 19.3 Å². The molecule has 0 bridgehead atoms. The number of aliphatic carboxylic acids is 1. The van der Waals surface area contributed by atoms with Gasteiger partial charge in [-0.25, -0.2) is 9.78 Å². The van der Waals surface area contributed by atoms with E-state index in [1.54, 1.807) is 12.1 Å². The first-order chi connectivity index (χ1) is 9.07. The second-order valence-electron chi connectivity index (χ2n) is 5.03. The summed E-state index contributed by atoms with van der Waals surface area (Å²) in [5.74, 6) is -0.480. The zero-order valence-electron chi connectivity index (χ0n) is 10.9. The van der Waals surface area contributed by atoms with Crippen LogP contribution in [0.15, 0.2) is 12.1 Å². The third-order valence-corrected chi connectivity index (χ3v) is 3.63. The van der Waals surface area contributed by atoms with Crippen LogP contribution in [0.1, 0.15) is 43.4 Å². The summed E-state index contributed by atoms with van der Waals surface area (Å²) in [7, 11) is 0. The van der Waals surface area contributed by atoms with Gasteiger partial charge < -0.3 is 10.4 Å². The van der Waals surface area contributed by atoms with E-state index in [1.165, 1.54) is 0 Å². The first kappa shape index (κ1) is 13.3. The van der Waals surface area contributed by atoms with E-state index in [-0.39, 0.29) is 0 Å². The fourth-order valence-corrected chi connectivity index (χ4v) is 2.52. The van der Waals surface area contributed by atoms with E-state index >= 15 is 0 Å². The lowest BCUT2D eigenvalue weighted by molar-refractivity contribution is -0.143. The first-order valence-corrected chi connectivity index (χ1v) is 6.47. The first-order valence-electron chi connectivity index (χ1n) is 6.47. The maximum absolute atomic E-state index is 11.6. The van der Waals surface area contributed by atoms with E-state index in [0.29, 0.717) is 24.2 Å². The predicted molar refractivity (Wildman–Crippen MR) is 70.8 cm³/mol. The van der Waals surface area contributed by atoms with Crippen molar-refractivity contribution < 1.29 is 9.90 Å². The molecule has 0 atom stereocenters. The number of hydrogen-bond donors (Lipinski definition) is 2. The number of nitrogens with zero attached hydrogens (tertiary/aromatic N) is 2. The molecule has 0 aromatic carbocycles. The van der Waals surface area contributed by atoms with Gasteiger partial charge >= 0.3 is 5.97 Å². The van der Waals surface area contributed by atoms with E-state index < -0.39 is 11.5 Å². The third kappa shape index (κ3) is 2.68. The molecule has 0 radical (unpaired) electrons. The van der Waals surface area contributed by atoms with Crippen molar-refractivity contribution >= 4 is 11.8 Å². The number of aromatic nitrogens is 1. The molecule has 19 heavy (non-hydrogen) atoms. The quantitative estimate of drug-likeness (QED) is 0.870. The number of hydrogen-bond acceptors (Lipinski definition) is 4. The molecule has 100 valence electrons. The van der Waals surface area contributed by atoms with Crippen LogP contribution in [0.5, 0.6) is 0 Å². The summed E-state index contributed by atoms with van der Waals surface area (Å²) < 4.78 is 0. The normalized spacial score (nSPS) is 17.5. The highest BCUT2D eigenvalue weighted by atomic mass is 16.4. The van der Waals surface area contributed by atoms with Gasteiger partial charge in [-0.3, -0.25) is 0 Å². The summed E-state index contributed by atoms with van der Waals surface area (Å²) in [4.78, 5) is 15.9. The van der Waals surface area contributed by atoms with Crippen LogP contribution in [0, 0.1) is 18.3 Å². The van der Waals surface area contributed by atoms with Crippen molar-refractivity contribution in [2.45, 2.75) is 44.6 Å². The lowest BCUT2D eigenvalue weighted by Crippen LogP contribution is -2.48. The second-order valence-corrected chi connectivity index (χ2v) is 5.03. The molecular formula is C14H17N3O2. The molecule has 1 saturated carbocycles. The Bertz CT molecular complexity index is 528. The van der Waals surface area contributed by atoms with E-state index in [1.807, 2.05) is 6.92 Å². The van der Waals surface area contributed by atoms with Crippen molar-refractivity contribution in [3.63, 3.8) is 0 Å². The summed E-state index contributed by atoms with van der Waals surface area (Å²) in [6, 6.07) is 5.47. The smallest absolute Gasteiger partial charge is 0.329 e. The zero-order valence-corrected chi connectivity index (χ0v) is 10.9. The van der Waals surface area contributed by atoms with E-state index in [0.717, 1.165) is 25.0 Å². The molecule has 1 aromatic rings. The minimum absolute atomic E-state index is 0.381. The largest absolute Gasteiger partial charge is 0.480 e. The van der Waals surface area contributed by atoms with Crippen LogP contribution in [0.3, 0.4) is 0 Å². The van der Waals surface area contributed by atoms with Crippen LogP contribution >= 0.6 is 0 Å². The van der Waals surface area contributed by atoms with Crippen LogP contribution in [-0.4, -0.2) is 21.6 Å². The highest BCUT2D eigenvalue weighted by molar-refractivity contribution is 5.83. The summed E-state index contributed by atoms with van der Waals surface area (Å²) in [6.45, 7) is 1.82. The van der Waals surface area contributed by atoms with Crippen LogP contribution < -0.4 is 5.32 Å². The van der Waals surface area contributed by atoms with Crippen LogP contribution in [0.2, 0.25) is 0 Å². The number of nitriles is 1. The van der Waals surface area contributed by atoms with Crippen molar-refractivity contribution in [1.82, 2.24) is 4.98 Å². The molecule has 1 fully saturated rings. The standard InChI is InChI=1S/C14H17N3O2/c1-10-5-6-11(9-15)12(16-10)17-14(13(18)19)7-3-2-4-8-14/h5-6H,2-4,7-8H2,1H3,(H,16,17)(H,18,19). The molecule has 5 nitrogen and oxygen atoms in total. The highest BCUT2D eigenvalue weighted by Gasteiger charge is 2.40.